The first-order valence-corrected chi connectivity index (χ1v) is 5.96. The van der Waals surface area contributed by atoms with Crippen LogP contribution in [-0.4, -0.2) is 9.55 Å². The number of nitrogens with zero attached hydrogens (tertiary/aromatic N) is 2. The topological polar surface area (TPSA) is 78.7 Å². The number of benzene rings is 1. The van der Waals surface area contributed by atoms with Gasteiger partial charge in [-0.25, -0.2) is 4.79 Å². The van der Waals surface area contributed by atoms with Crippen LogP contribution >= 0.6 is 0 Å². The summed E-state index contributed by atoms with van der Waals surface area (Å²) in [5, 5.41) is 9.02. The molecule has 0 aliphatic carbocycles. The van der Waals surface area contributed by atoms with Gasteiger partial charge in [0, 0.05) is 11.8 Å². The van der Waals surface area contributed by atoms with Crippen LogP contribution < -0.4 is 11.2 Å². The van der Waals surface area contributed by atoms with Gasteiger partial charge >= 0.3 is 5.69 Å². The monoisotopic (exact) mass is 255 g/mol. The van der Waals surface area contributed by atoms with Gasteiger partial charge in [-0.05, 0) is 18.1 Å². The summed E-state index contributed by atoms with van der Waals surface area (Å²) >= 11 is 0. The molecular weight excluding hydrogens is 242 g/mol. The molecule has 0 unspecified atom stereocenters. The predicted molar refractivity (Wildman–Crippen MR) is 71.0 cm³/mol. The van der Waals surface area contributed by atoms with Crippen molar-refractivity contribution in [3.8, 4) is 6.07 Å². The van der Waals surface area contributed by atoms with Gasteiger partial charge in [0.15, 0.2) is 0 Å². The molecule has 0 saturated heterocycles. The number of nitrogens with one attached hydrogen (secondary N) is 1. The summed E-state index contributed by atoms with van der Waals surface area (Å²) in [6.07, 6.45) is 2.10. The van der Waals surface area contributed by atoms with E-state index in [2.05, 4.69) is 11.1 Å². The van der Waals surface area contributed by atoms with Gasteiger partial charge in [-0.15, -0.1) is 0 Å². The Hall–Kier alpha value is -2.61. The van der Waals surface area contributed by atoms with Gasteiger partial charge in [-0.3, -0.25) is 14.3 Å². The number of aromatic nitrogens is 2. The fraction of sp³-hybridized carbons (Fsp3) is 0.214. The highest BCUT2D eigenvalue weighted by Crippen LogP contribution is 2.08. The molecule has 1 heterocycles. The zero-order valence-corrected chi connectivity index (χ0v) is 10.5. The Kier molecular flexibility index (Phi) is 3.62. The Balaban J connectivity index is 2.47. The molecule has 0 bridgehead atoms. The molecule has 2 aromatic rings. The third-order valence-electron chi connectivity index (χ3n) is 2.94. The van der Waals surface area contributed by atoms with Gasteiger partial charge in [0.05, 0.1) is 18.2 Å². The van der Waals surface area contributed by atoms with Gasteiger partial charge in [0.25, 0.3) is 5.56 Å². The fourth-order valence-corrected chi connectivity index (χ4v) is 1.87. The standard InChI is InChI=1S/C14H13N3O2/c1-2-10-8-17(14(19)16-13(10)18)9-12-6-4-3-5-11(12)7-15/h3-6,8H,2,9H2,1H3,(H,16,18,19). The highest BCUT2D eigenvalue weighted by atomic mass is 16.2. The second-order valence-corrected chi connectivity index (χ2v) is 4.16. The van der Waals surface area contributed by atoms with Gasteiger partial charge < -0.3 is 0 Å². The van der Waals surface area contributed by atoms with E-state index in [1.54, 1.807) is 24.4 Å². The highest BCUT2D eigenvalue weighted by Gasteiger charge is 2.06. The van der Waals surface area contributed by atoms with E-state index < -0.39 is 5.69 Å². The zero-order valence-electron chi connectivity index (χ0n) is 10.5. The van der Waals surface area contributed by atoms with E-state index in [0.29, 0.717) is 17.5 Å². The lowest BCUT2D eigenvalue weighted by Crippen LogP contribution is -2.32. The molecule has 0 aliphatic heterocycles. The minimum atomic E-state index is -0.463. The molecule has 2 rings (SSSR count). The van der Waals surface area contributed by atoms with Gasteiger partial charge in [0.1, 0.15) is 0 Å². The molecule has 19 heavy (non-hydrogen) atoms. The predicted octanol–water partition coefficient (Wildman–Crippen LogP) is 1.02. The minimum Gasteiger partial charge on any atom is -0.296 e. The number of H-pyrrole nitrogens is 1. The quantitative estimate of drug-likeness (QED) is 0.889. The van der Waals surface area contributed by atoms with Crippen molar-refractivity contribution in [2.24, 2.45) is 0 Å². The number of nitriles is 1. The maximum atomic E-state index is 11.7. The summed E-state index contributed by atoms with van der Waals surface area (Å²) in [6.45, 7) is 2.12. The Labute approximate surface area is 109 Å². The highest BCUT2D eigenvalue weighted by molar-refractivity contribution is 5.37. The van der Waals surface area contributed by atoms with Crippen LogP contribution in [0.1, 0.15) is 23.6 Å². The van der Waals surface area contributed by atoms with Crippen LogP contribution in [0.2, 0.25) is 0 Å². The van der Waals surface area contributed by atoms with Crippen LogP contribution in [-0.2, 0) is 13.0 Å². The molecule has 5 nitrogen and oxygen atoms in total. The molecule has 1 aromatic carbocycles. The summed E-state index contributed by atoms with van der Waals surface area (Å²) in [5.74, 6) is 0. The number of hydrogen-bond donors (Lipinski definition) is 1. The average molecular weight is 255 g/mol. The third-order valence-corrected chi connectivity index (χ3v) is 2.94. The summed E-state index contributed by atoms with van der Waals surface area (Å²) in [6, 6.07) is 9.17. The second-order valence-electron chi connectivity index (χ2n) is 4.16. The zero-order chi connectivity index (χ0) is 13.8. The van der Waals surface area contributed by atoms with Crippen molar-refractivity contribution in [1.29, 1.82) is 5.26 Å². The molecule has 1 aromatic heterocycles. The van der Waals surface area contributed by atoms with E-state index >= 15 is 0 Å². The van der Waals surface area contributed by atoms with Crippen molar-refractivity contribution in [3.05, 3.63) is 68.0 Å². The summed E-state index contributed by atoms with van der Waals surface area (Å²) in [4.78, 5) is 25.5. The van der Waals surface area contributed by atoms with E-state index in [4.69, 9.17) is 5.26 Å². The lowest BCUT2D eigenvalue weighted by Gasteiger charge is -2.08. The molecule has 0 amide bonds. The van der Waals surface area contributed by atoms with Crippen LogP contribution in [0.3, 0.4) is 0 Å². The molecule has 0 atom stereocenters. The first-order valence-electron chi connectivity index (χ1n) is 5.96. The first kappa shape index (κ1) is 12.8. The van der Waals surface area contributed by atoms with E-state index in [1.165, 1.54) is 4.57 Å². The normalized spacial score (nSPS) is 10.1. The average Bonchev–Trinajstić information content (AvgIpc) is 2.42. The van der Waals surface area contributed by atoms with Crippen molar-refractivity contribution in [2.45, 2.75) is 19.9 Å². The molecule has 0 saturated carbocycles. The maximum Gasteiger partial charge on any atom is 0.328 e. The molecule has 0 radical (unpaired) electrons. The largest absolute Gasteiger partial charge is 0.328 e. The Morgan fingerprint density at radius 1 is 1.26 bits per heavy atom. The smallest absolute Gasteiger partial charge is 0.296 e. The lowest BCUT2D eigenvalue weighted by molar-refractivity contribution is 0.706. The summed E-state index contributed by atoms with van der Waals surface area (Å²) in [7, 11) is 0. The van der Waals surface area contributed by atoms with Crippen molar-refractivity contribution >= 4 is 0 Å². The molecule has 0 fully saturated rings. The van der Waals surface area contributed by atoms with E-state index in [0.717, 1.165) is 5.56 Å². The Bertz CT molecular complexity index is 750. The van der Waals surface area contributed by atoms with E-state index in [9.17, 15) is 9.59 Å². The first-order chi connectivity index (χ1) is 9.15. The van der Waals surface area contributed by atoms with Crippen molar-refractivity contribution in [1.82, 2.24) is 9.55 Å². The molecular formula is C14H13N3O2. The SMILES string of the molecule is CCc1cn(Cc2ccccc2C#N)c(=O)[nH]c1=O. The van der Waals surface area contributed by atoms with Crippen LogP contribution in [0, 0.1) is 11.3 Å². The van der Waals surface area contributed by atoms with E-state index in [-0.39, 0.29) is 12.1 Å². The number of hydrogen-bond acceptors (Lipinski definition) is 3. The second kappa shape index (κ2) is 5.36. The molecule has 0 aliphatic rings. The summed E-state index contributed by atoms with van der Waals surface area (Å²) < 4.78 is 1.41. The lowest BCUT2D eigenvalue weighted by atomic mass is 10.1. The van der Waals surface area contributed by atoms with Gasteiger partial charge in [-0.2, -0.15) is 5.26 Å². The Morgan fingerprint density at radius 2 is 2.00 bits per heavy atom. The van der Waals surface area contributed by atoms with Gasteiger partial charge in [-0.1, -0.05) is 25.1 Å². The van der Waals surface area contributed by atoms with Crippen LogP contribution in [0.4, 0.5) is 0 Å². The maximum absolute atomic E-state index is 11.7. The van der Waals surface area contributed by atoms with Crippen molar-refractivity contribution in [3.63, 3.8) is 0 Å². The van der Waals surface area contributed by atoms with Crippen LogP contribution in [0.15, 0.2) is 40.1 Å². The minimum absolute atomic E-state index is 0.270. The molecule has 96 valence electrons. The van der Waals surface area contributed by atoms with Gasteiger partial charge in [0.2, 0.25) is 0 Å². The number of rotatable bonds is 3. The van der Waals surface area contributed by atoms with E-state index in [1.807, 2.05) is 13.0 Å². The van der Waals surface area contributed by atoms with Crippen LogP contribution in [0.25, 0.3) is 0 Å². The number of aryl methyl sites for hydroxylation is 1. The van der Waals surface area contributed by atoms with Crippen molar-refractivity contribution in [2.75, 3.05) is 0 Å². The fourth-order valence-electron chi connectivity index (χ4n) is 1.87. The molecule has 0 spiro atoms. The van der Waals surface area contributed by atoms with Crippen LogP contribution in [0.5, 0.6) is 0 Å². The Morgan fingerprint density at radius 3 is 2.68 bits per heavy atom. The van der Waals surface area contributed by atoms with Crippen molar-refractivity contribution < 1.29 is 0 Å². The molecule has 5 heteroatoms. The summed E-state index contributed by atoms with van der Waals surface area (Å²) in [5.41, 5.74) is 1.01. The molecule has 1 N–H and O–H groups in total. The number of aromatic amines is 1. The third kappa shape index (κ3) is 2.63.